The molecule has 2 amide bonds. The van der Waals surface area contributed by atoms with E-state index in [0.29, 0.717) is 17.8 Å². The Hall–Kier alpha value is -2.99. The first-order valence-electron chi connectivity index (χ1n) is 9.51. The summed E-state index contributed by atoms with van der Waals surface area (Å²) in [5.41, 5.74) is 1.80. The molecule has 28 heavy (non-hydrogen) atoms. The molecule has 3 rings (SSSR count). The number of hydrogen-bond donors (Lipinski definition) is 2. The van der Waals surface area contributed by atoms with Gasteiger partial charge in [0.2, 0.25) is 11.8 Å². The van der Waals surface area contributed by atoms with E-state index < -0.39 is 0 Å². The summed E-state index contributed by atoms with van der Waals surface area (Å²) in [5.74, 6) is -0.436. The first kappa shape index (κ1) is 19.8. The van der Waals surface area contributed by atoms with Crippen molar-refractivity contribution in [3.8, 4) is 0 Å². The van der Waals surface area contributed by atoms with Crippen molar-refractivity contribution in [2.24, 2.45) is 5.92 Å². The zero-order valence-electron chi connectivity index (χ0n) is 16.0. The maximum Gasteiger partial charge on any atom is 0.238 e. The van der Waals surface area contributed by atoms with Gasteiger partial charge in [-0.2, -0.15) is 0 Å². The van der Waals surface area contributed by atoms with Gasteiger partial charge in [-0.3, -0.25) is 19.3 Å². The molecule has 2 aromatic rings. The number of nitrogens with zero attached hydrogens (tertiary/aromatic N) is 1. The van der Waals surface area contributed by atoms with Crippen molar-refractivity contribution in [2.75, 3.05) is 30.3 Å². The van der Waals surface area contributed by atoms with Crippen molar-refractivity contribution < 1.29 is 14.4 Å². The van der Waals surface area contributed by atoms with E-state index in [1.807, 2.05) is 35.2 Å². The molecular formula is C22H25N3O3. The molecular weight excluding hydrogens is 354 g/mol. The molecule has 1 aliphatic rings. The molecule has 1 heterocycles. The quantitative estimate of drug-likeness (QED) is 0.756. The largest absolute Gasteiger partial charge is 0.326 e. The standard InChI is InChI=1S/C22H25N3O3/c1-16(26)19-11-5-6-12-20(19)24-21(27)15-25-13-7-8-17(14-25)22(28)23-18-9-3-2-4-10-18/h2-6,9-12,17H,7-8,13-15H2,1H3,(H,23,28)(H,24,27)/t17-/m1/s1. The van der Waals surface area contributed by atoms with E-state index in [0.717, 1.165) is 25.1 Å². The van der Waals surface area contributed by atoms with E-state index >= 15 is 0 Å². The fourth-order valence-electron chi connectivity index (χ4n) is 3.47. The van der Waals surface area contributed by atoms with Crippen LogP contribution in [0.3, 0.4) is 0 Å². The van der Waals surface area contributed by atoms with Crippen molar-refractivity contribution in [2.45, 2.75) is 19.8 Å². The number of nitrogens with one attached hydrogen (secondary N) is 2. The van der Waals surface area contributed by atoms with Crippen LogP contribution in [0.5, 0.6) is 0 Å². The summed E-state index contributed by atoms with van der Waals surface area (Å²) < 4.78 is 0. The number of para-hydroxylation sites is 2. The number of carbonyl (C=O) groups is 3. The lowest BCUT2D eigenvalue weighted by Crippen LogP contribution is -2.44. The highest BCUT2D eigenvalue weighted by Gasteiger charge is 2.27. The average molecular weight is 379 g/mol. The Bertz CT molecular complexity index is 851. The van der Waals surface area contributed by atoms with E-state index in [2.05, 4.69) is 10.6 Å². The van der Waals surface area contributed by atoms with Crippen LogP contribution in [0.15, 0.2) is 54.6 Å². The van der Waals surface area contributed by atoms with Crippen LogP contribution in [0.25, 0.3) is 0 Å². The summed E-state index contributed by atoms with van der Waals surface area (Å²) >= 11 is 0. The molecule has 1 aliphatic heterocycles. The molecule has 1 fully saturated rings. The van der Waals surface area contributed by atoms with Gasteiger partial charge in [-0.1, -0.05) is 30.3 Å². The molecule has 0 radical (unpaired) electrons. The second-order valence-corrected chi connectivity index (χ2v) is 7.08. The zero-order chi connectivity index (χ0) is 19.9. The van der Waals surface area contributed by atoms with E-state index in [9.17, 15) is 14.4 Å². The van der Waals surface area contributed by atoms with Gasteiger partial charge in [0.05, 0.1) is 18.2 Å². The first-order valence-corrected chi connectivity index (χ1v) is 9.51. The van der Waals surface area contributed by atoms with Crippen LogP contribution in [0.1, 0.15) is 30.1 Å². The number of benzene rings is 2. The van der Waals surface area contributed by atoms with Crippen molar-refractivity contribution in [1.82, 2.24) is 4.90 Å². The Morgan fingerprint density at radius 2 is 1.71 bits per heavy atom. The topological polar surface area (TPSA) is 78.5 Å². The van der Waals surface area contributed by atoms with Crippen LogP contribution in [-0.2, 0) is 9.59 Å². The number of anilines is 2. The third kappa shape index (κ3) is 5.27. The lowest BCUT2D eigenvalue weighted by molar-refractivity contribution is -0.123. The maximum absolute atomic E-state index is 12.5. The summed E-state index contributed by atoms with van der Waals surface area (Å²) in [6, 6.07) is 16.4. The van der Waals surface area contributed by atoms with Gasteiger partial charge in [0.1, 0.15) is 0 Å². The Labute approximate surface area is 164 Å². The number of rotatable bonds is 6. The van der Waals surface area contributed by atoms with Crippen LogP contribution in [-0.4, -0.2) is 42.1 Å². The van der Waals surface area contributed by atoms with Crippen molar-refractivity contribution in [3.05, 3.63) is 60.2 Å². The number of ketones is 1. The Kier molecular flexibility index (Phi) is 6.55. The summed E-state index contributed by atoms with van der Waals surface area (Å²) in [4.78, 5) is 38.7. The Morgan fingerprint density at radius 1 is 1.00 bits per heavy atom. The molecule has 2 aromatic carbocycles. The average Bonchev–Trinajstić information content (AvgIpc) is 2.69. The number of Topliss-reactive ketones (excluding diaryl/α,β-unsaturated/α-hetero) is 1. The lowest BCUT2D eigenvalue weighted by Gasteiger charge is -2.31. The molecule has 0 aliphatic carbocycles. The second kappa shape index (κ2) is 9.28. The molecule has 1 saturated heterocycles. The van der Waals surface area contributed by atoms with E-state index in [1.165, 1.54) is 6.92 Å². The van der Waals surface area contributed by atoms with Crippen molar-refractivity contribution in [3.63, 3.8) is 0 Å². The van der Waals surface area contributed by atoms with E-state index in [4.69, 9.17) is 0 Å². The van der Waals surface area contributed by atoms with Crippen LogP contribution in [0.4, 0.5) is 11.4 Å². The zero-order valence-corrected chi connectivity index (χ0v) is 16.0. The lowest BCUT2D eigenvalue weighted by atomic mass is 9.97. The number of amides is 2. The molecule has 0 bridgehead atoms. The van der Waals surface area contributed by atoms with Crippen molar-refractivity contribution >= 4 is 29.0 Å². The third-order valence-electron chi connectivity index (χ3n) is 4.87. The number of carbonyl (C=O) groups excluding carboxylic acids is 3. The van der Waals surface area contributed by atoms with Gasteiger partial charge in [-0.15, -0.1) is 0 Å². The van der Waals surface area contributed by atoms with Gasteiger partial charge in [0.15, 0.2) is 5.78 Å². The summed E-state index contributed by atoms with van der Waals surface area (Å²) in [6.07, 6.45) is 1.67. The molecule has 146 valence electrons. The number of piperidine rings is 1. The van der Waals surface area contributed by atoms with Crippen LogP contribution < -0.4 is 10.6 Å². The van der Waals surface area contributed by atoms with Gasteiger partial charge in [-0.05, 0) is 50.6 Å². The first-order chi connectivity index (χ1) is 13.5. The van der Waals surface area contributed by atoms with Gasteiger partial charge in [0, 0.05) is 17.8 Å². The summed E-state index contributed by atoms with van der Waals surface area (Å²) in [5, 5.41) is 5.76. The normalized spacial score (nSPS) is 17.0. The second-order valence-electron chi connectivity index (χ2n) is 7.08. The molecule has 0 aromatic heterocycles. The number of likely N-dealkylation sites (tertiary alicyclic amines) is 1. The highest BCUT2D eigenvalue weighted by atomic mass is 16.2. The summed E-state index contributed by atoms with van der Waals surface area (Å²) in [7, 11) is 0. The fraction of sp³-hybridized carbons (Fsp3) is 0.318. The minimum Gasteiger partial charge on any atom is -0.326 e. The molecule has 1 atom stereocenters. The third-order valence-corrected chi connectivity index (χ3v) is 4.87. The molecule has 6 heteroatoms. The number of hydrogen-bond acceptors (Lipinski definition) is 4. The maximum atomic E-state index is 12.5. The fourth-order valence-corrected chi connectivity index (χ4v) is 3.47. The van der Waals surface area contributed by atoms with Gasteiger partial charge >= 0.3 is 0 Å². The minimum atomic E-state index is -0.183. The van der Waals surface area contributed by atoms with Crippen LogP contribution in [0, 0.1) is 5.92 Å². The van der Waals surface area contributed by atoms with Gasteiger partial charge in [-0.25, -0.2) is 0 Å². The molecule has 6 nitrogen and oxygen atoms in total. The Morgan fingerprint density at radius 3 is 2.46 bits per heavy atom. The molecule has 0 spiro atoms. The molecule has 0 unspecified atom stereocenters. The van der Waals surface area contributed by atoms with Crippen molar-refractivity contribution in [1.29, 1.82) is 0 Å². The predicted molar refractivity (Wildman–Crippen MR) is 109 cm³/mol. The molecule has 2 N–H and O–H groups in total. The molecule has 0 saturated carbocycles. The van der Waals surface area contributed by atoms with E-state index in [-0.39, 0.29) is 30.1 Å². The minimum absolute atomic E-state index is 0.0155. The smallest absolute Gasteiger partial charge is 0.238 e. The predicted octanol–water partition coefficient (Wildman–Crippen LogP) is 3.18. The highest BCUT2D eigenvalue weighted by Crippen LogP contribution is 2.20. The van der Waals surface area contributed by atoms with Gasteiger partial charge < -0.3 is 10.6 Å². The monoisotopic (exact) mass is 379 g/mol. The van der Waals surface area contributed by atoms with Crippen LogP contribution >= 0.6 is 0 Å². The highest BCUT2D eigenvalue weighted by molar-refractivity contribution is 6.04. The Balaban J connectivity index is 1.55. The van der Waals surface area contributed by atoms with E-state index in [1.54, 1.807) is 24.3 Å². The summed E-state index contributed by atoms with van der Waals surface area (Å²) in [6.45, 7) is 2.99. The SMILES string of the molecule is CC(=O)c1ccccc1NC(=O)CN1CCC[C@@H](C(=O)Nc2ccccc2)C1. The van der Waals surface area contributed by atoms with Gasteiger partial charge in [0.25, 0.3) is 0 Å². The van der Waals surface area contributed by atoms with Crippen LogP contribution in [0.2, 0.25) is 0 Å².